The summed E-state index contributed by atoms with van der Waals surface area (Å²) in [5.74, 6) is 2.05. The summed E-state index contributed by atoms with van der Waals surface area (Å²) in [6.45, 7) is 2.49. The van der Waals surface area contributed by atoms with E-state index in [1.807, 2.05) is 12.3 Å². The number of hydrogen-bond donors (Lipinski definition) is 1. The van der Waals surface area contributed by atoms with E-state index in [0.717, 1.165) is 34.5 Å². The molecule has 4 fully saturated rings. The number of methoxy groups -OCH3 is 1. The molecule has 0 spiro atoms. The van der Waals surface area contributed by atoms with E-state index in [4.69, 9.17) is 4.74 Å². The van der Waals surface area contributed by atoms with Gasteiger partial charge in [0.1, 0.15) is 11.2 Å². The first kappa shape index (κ1) is 16.2. The summed E-state index contributed by atoms with van der Waals surface area (Å²) in [7, 11) is 3.61. The van der Waals surface area contributed by atoms with Crippen LogP contribution in [-0.4, -0.2) is 36.1 Å². The average molecular weight is 353 g/mol. The Morgan fingerprint density at radius 3 is 2.69 bits per heavy atom. The third-order valence-electron chi connectivity index (χ3n) is 7.29. The number of H-pyrrole nitrogens is 1. The average Bonchev–Trinajstić information content (AvgIpc) is 3.06. The lowest BCUT2D eigenvalue weighted by Gasteiger charge is -2.61. The first-order valence-corrected chi connectivity index (χ1v) is 9.76. The lowest BCUT2D eigenvalue weighted by molar-refractivity contribution is -0.0571. The minimum Gasteiger partial charge on any atom is -0.465 e. The predicted octanol–water partition coefficient (Wildman–Crippen LogP) is 4.00. The number of carbonyl (C=O) groups excluding carboxylic acids is 1. The van der Waals surface area contributed by atoms with Gasteiger partial charge in [-0.2, -0.15) is 0 Å². The normalized spacial score (nSPS) is 35.0. The van der Waals surface area contributed by atoms with Gasteiger partial charge in [-0.25, -0.2) is 9.78 Å². The number of fused-ring (bicyclic) bond motifs is 1. The molecule has 0 amide bonds. The van der Waals surface area contributed by atoms with E-state index >= 15 is 0 Å². The zero-order chi connectivity index (χ0) is 18.1. The first-order chi connectivity index (χ1) is 12.5. The molecule has 2 atom stereocenters. The zero-order valence-corrected chi connectivity index (χ0v) is 15.8. The number of esters is 1. The summed E-state index contributed by atoms with van der Waals surface area (Å²) in [6, 6.07) is 2.53. The highest BCUT2D eigenvalue weighted by molar-refractivity contribution is 6.04. The molecule has 1 N–H and O–H groups in total. The van der Waals surface area contributed by atoms with Gasteiger partial charge in [-0.15, -0.1) is 0 Å². The lowest BCUT2D eigenvalue weighted by Crippen LogP contribution is -2.58. The fourth-order valence-electron chi connectivity index (χ4n) is 6.82. The molecule has 6 rings (SSSR count). The maximum atomic E-state index is 12.4. The fourth-order valence-corrected chi connectivity index (χ4v) is 6.82. The fraction of sp³-hybridized carbons (Fsp3) is 0.619. The van der Waals surface area contributed by atoms with Gasteiger partial charge in [-0.05, 0) is 61.3 Å². The highest BCUT2D eigenvalue weighted by Crippen LogP contribution is 2.61. The van der Waals surface area contributed by atoms with Crippen molar-refractivity contribution in [1.82, 2.24) is 9.97 Å². The Morgan fingerprint density at radius 2 is 2.04 bits per heavy atom. The monoisotopic (exact) mass is 353 g/mol. The molecule has 2 aromatic heterocycles. The SMILES string of the molecule is COC(=O)c1cnc2[nH]ccc2c1N(C)C1C2CC3CC1CC(C)(C3)C2. The lowest BCUT2D eigenvalue weighted by atomic mass is 9.48. The number of rotatable bonds is 3. The molecule has 2 aromatic rings. The molecule has 5 heteroatoms. The van der Waals surface area contributed by atoms with Gasteiger partial charge in [-0.3, -0.25) is 0 Å². The molecular weight excluding hydrogens is 326 g/mol. The number of nitrogens with one attached hydrogen (secondary N) is 1. The number of aromatic amines is 1. The van der Waals surface area contributed by atoms with Crippen LogP contribution in [0.25, 0.3) is 11.0 Å². The Labute approximate surface area is 154 Å². The number of aromatic nitrogens is 2. The molecule has 4 bridgehead atoms. The van der Waals surface area contributed by atoms with E-state index in [-0.39, 0.29) is 5.97 Å². The molecule has 0 aliphatic heterocycles. The Bertz CT molecular complexity index is 857. The highest BCUT2D eigenvalue weighted by atomic mass is 16.5. The predicted molar refractivity (Wildman–Crippen MR) is 101 cm³/mol. The van der Waals surface area contributed by atoms with E-state index in [1.54, 1.807) is 6.20 Å². The van der Waals surface area contributed by atoms with Crippen molar-refractivity contribution in [2.24, 2.45) is 23.2 Å². The number of carbonyl (C=O) groups is 1. The summed E-state index contributed by atoms with van der Waals surface area (Å²) >= 11 is 0. The molecule has 26 heavy (non-hydrogen) atoms. The standard InChI is InChI=1S/C21H27N3O2/c1-21-8-12-6-13(9-21)17(14(7-12)10-21)24(2)18-15-4-5-22-19(15)23-11-16(18)20(25)26-3/h4-5,11-14,17H,6-10H2,1-3H3,(H,22,23). The van der Waals surface area contributed by atoms with Crippen LogP contribution in [-0.2, 0) is 4.74 Å². The zero-order valence-electron chi connectivity index (χ0n) is 15.8. The molecule has 2 heterocycles. The van der Waals surface area contributed by atoms with Gasteiger partial charge in [0.15, 0.2) is 0 Å². The summed E-state index contributed by atoms with van der Waals surface area (Å²) in [4.78, 5) is 22.4. The minimum absolute atomic E-state index is 0.307. The van der Waals surface area contributed by atoms with E-state index in [1.165, 1.54) is 39.2 Å². The molecule has 0 radical (unpaired) electrons. The van der Waals surface area contributed by atoms with Crippen LogP contribution in [0.2, 0.25) is 0 Å². The smallest absolute Gasteiger partial charge is 0.341 e. The Kier molecular flexibility index (Phi) is 3.40. The first-order valence-electron chi connectivity index (χ1n) is 9.76. The van der Waals surface area contributed by atoms with Gasteiger partial charge >= 0.3 is 5.97 Å². The second-order valence-corrected chi connectivity index (χ2v) is 9.13. The van der Waals surface area contributed by atoms with Gasteiger partial charge in [0.2, 0.25) is 0 Å². The quantitative estimate of drug-likeness (QED) is 0.848. The van der Waals surface area contributed by atoms with E-state index < -0.39 is 0 Å². The number of nitrogens with zero attached hydrogens (tertiary/aromatic N) is 2. The van der Waals surface area contributed by atoms with Crippen LogP contribution in [0, 0.1) is 23.2 Å². The van der Waals surface area contributed by atoms with Crippen molar-refractivity contribution >= 4 is 22.7 Å². The van der Waals surface area contributed by atoms with Crippen LogP contribution >= 0.6 is 0 Å². The molecule has 4 saturated carbocycles. The summed E-state index contributed by atoms with van der Waals surface area (Å²) in [6.07, 6.45) is 10.3. The number of pyridine rings is 1. The van der Waals surface area contributed by atoms with Crippen molar-refractivity contribution in [2.75, 3.05) is 19.1 Å². The van der Waals surface area contributed by atoms with Crippen molar-refractivity contribution in [1.29, 1.82) is 0 Å². The van der Waals surface area contributed by atoms with Gasteiger partial charge in [0, 0.05) is 30.9 Å². The molecule has 138 valence electrons. The summed E-state index contributed by atoms with van der Waals surface area (Å²) in [5.41, 5.74) is 2.92. The van der Waals surface area contributed by atoms with Crippen LogP contribution in [0.5, 0.6) is 0 Å². The molecule has 5 nitrogen and oxygen atoms in total. The second-order valence-electron chi connectivity index (χ2n) is 9.13. The van der Waals surface area contributed by atoms with Gasteiger partial charge in [-0.1, -0.05) is 6.92 Å². The maximum Gasteiger partial charge on any atom is 0.341 e. The second kappa shape index (κ2) is 5.48. The minimum atomic E-state index is -0.307. The Morgan fingerprint density at radius 1 is 1.31 bits per heavy atom. The van der Waals surface area contributed by atoms with Crippen molar-refractivity contribution in [2.45, 2.75) is 45.1 Å². The summed E-state index contributed by atoms with van der Waals surface area (Å²) < 4.78 is 5.06. The number of anilines is 1. The van der Waals surface area contributed by atoms with Gasteiger partial charge in [0.25, 0.3) is 0 Å². The van der Waals surface area contributed by atoms with Gasteiger partial charge < -0.3 is 14.6 Å². The molecular formula is C21H27N3O2. The third kappa shape index (κ3) is 2.22. The molecule has 0 aromatic carbocycles. The third-order valence-corrected chi connectivity index (χ3v) is 7.29. The summed E-state index contributed by atoms with van der Waals surface area (Å²) in [5, 5.41) is 1.01. The maximum absolute atomic E-state index is 12.4. The van der Waals surface area contributed by atoms with Crippen LogP contribution in [0.3, 0.4) is 0 Å². The van der Waals surface area contributed by atoms with E-state index in [0.29, 0.717) is 17.0 Å². The van der Waals surface area contributed by atoms with Crippen LogP contribution in [0.1, 0.15) is 49.4 Å². The molecule has 0 saturated heterocycles. The van der Waals surface area contributed by atoms with Crippen molar-refractivity contribution in [3.63, 3.8) is 0 Å². The topological polar surface area (TPSA) is 58.2 Å². The van der Waals surface area contributed by atoms with E-state index in [9.17, 15) is 4.79 Å². The Hall–Kier alpha value is -2.04. The molecule has 4 aliphatic rings. The van der Waals surface area contributed by atoms with Crippen LogP contribution in [0.15, 0.2) is 18.5 Å². The highest BCUT2D eigenvalue weighted by Gasteiger charge is 2.54. The number of hydrogen-bond acceptors (Lipinski definition) is 4. The molecule has 2 unspecified atom stereocenters. The largest absolute Gasteiger partial charge is 0.465 e. The molecule has 4 aliphatic carbocycles. The van der Waals surface area contributed by atoms with Crippen molar-refractivity contribution in [3.05, 3.63) is 24.0 Å². The number of ether oxygens (including phenoxy) is 1. The van der Waals surface area contributed by atoms with Crippen LogP contribution < -0.4 is 4.90 Å². The Balaban J connectivity index is 1.60. The van der Waals surface area contributed by atoms with E-state index in [2.05, 4.69) is 28.8 Å². The van der Waals surface area contributed by atoms with Gasteiger partial charge in [0.05, 0.1) is 12.8 Å². The van der Waals surface area contributed by atoms with Crippen LogP contribution in [0.4, 0.5) is 5.69 Å². The van der Waals surface area contributed by atoms with Crippen molar-refractivity contribution < 1.29 is 9.53 Å². The van der Waals surface area contributed by atoms with Crippen molar-refractivity contribution in [3.8, 4) is 0 Å².